The van der Waals surface area contributed by atoms with Crippen LogP contribution in [0.5, 0.6) is 0 Å². The Labute approximate surface area is 186 Å². The molecule has 2 heterocycles. The summed E-state index contributed by atoms with van der Waals surface area (Å²) in [7, 11) is -4.35. The van der Waals surface area contributed by atoms with E-state index in [0.717, 1.165) is 0 Å². The number of piperidine rings is 1. The van der Waals surface area contributed by atoms with Gasteiger partial charge in [-0.05, 0) is 37.0 Å². The maximum absolute atomic E-state index is 13.2. The van der Waals surface area contributed by atoms with Crippen LogP contribution in [-0.2, 0) is 35.6 Å². The first-order valence-corrected chi connectivity index (χ1v) is 11.9. The molecule has 0 saturated carbocycles. The number of amides is 3. The third-order valence-electron chi connectivity index (χ3n) is 5.54. The molecule has 3 rings (SSSR count). The summed E-state index contributed by atoms with van der Waals surface area (Å²) in [5.41, 5.74) is 6.17. The number of β-amino-alcohol motifs (C(OH)–C–C–N with tert-alkyl or cyclic N) is 1. The van der Waals surface area contributed by atoms with Gasteiger partial charge in [0.1, 0.15) is 6.61 Å². The average molecular weight is 469 g/mol. The number of primary amides is 1. The lowest BCUT2D eigenvalue weighted by Crippen LogP contribution is -2.57. The van der Waals surface area contributed by atoms with Crippen LogP contribution in [-0.4, -0.2) is 81.1 Å². The zero-order chi connectivity index (χ0) is 23.5. The van der Waals surface area contributed by atoms with Crippen LogP contribution in [0.1, 0.15) is 25.3 Å². The molecule has 32 heavy (non-hydrogen) atoms. The minimum Gasteiger partial charge on any atom is -0.391 e. The third-order valence-corrected chi connectivity index (χ3v) is 7.05. The molecule has 2 aliphatic heterocycles. The second-order valence-electron chi connectivity index (χ2n) is 7.74. The number of hydrogen-bond donors (Lipinski definition) is 3. The highest BCUT2D eigenvalue weighted by Crippen LogP contribution is 2.29. The second kappa shape index (κ2) is 9.94. The van der Waals surface area contributed by atoms with E-state index in [1.165, 1.54) is 21.9 Å². The van der Waals surface area contributed by atoms with Crippen molar-refractivity contribution in [1.82, 2.24) is 9.62 Å². The van der Waals surface area contributed by atoms with Crippen molar-refractivity contribution in [3.05, 3.63) is 23.8 Å². The molecular formula is C20H28N4O7S. The number of aliphatic hydroxyl groups excluding tert-OH is 1. The van der Waals surface area contributed by atoms with Crippen molar-refractivity contribution in [2.24, 2.45) is 5.73 Å². The fraction of sp³-hybridized carbons (Fsp3) is 0.550. The van der Waals surface area contributed by atoms with Crippen LogP contribution in [0.2, 0.25) is 0 Å². The highest BCUT2D eigenvalue weighted by molar-refractivity contribution is 7.89. The fourth-order valence-electron chi connectivity index (χ4n) is 3.97. The van der Waals surface area contributed by atoms with E-state index in [9.17, 15) is 27.9 Å². The highest BCUT2D eigenvalue weighted by atomic mass is 32.2. The molecule has 0 bridgehead atoms. The maximum atomic E-state index is 13.2. The van der Waals surface area contributed by atoms with E-state index in [1.54, 1.807) is 13.0 Å². The Hall–Kier alpha value is -2.54. The number of hydrogen-bond acceptors (Lipinski definition) is 7. The van der Waals surface area contributed by atoms with Crippen LogP contribution in [0, 0.1) is 0 Å². The number of nitrogens with one attached hydrogen (secondary N) is 1. The standard InChI is InChI=1S/C20H28N4O7S/c1-2-14-15(24-9-10-31-12-17(24)26)6-3-7-16(14)32(29,30)22-18(19(21)27)20(28)23-8-4-5-13(25)11-23/h3,6-7,13,18,22,25H,2,4-5,8-12H2,1H3,(H2,21,27)/t13-,18+/m1/s1. The summed E-state index contributed by atoms with van der Waals surface area (Å²) < 4.78 is 33.7. The smallest absolute Gasteiger partial charge is 0.253 e. The highest BCUT2D eigenvalue weighted by Gasteiger charge is 2.36. The number of rotatable bonds is 7. The number of nitrogens with two attached hydrogens (primary N) is 1. The molecule has 1 aromatic rings. The number of aliphatic hydroxyl groups is 1. The molecule has 0 aromatic heterocycles. The number of morpholine rings is 1. The van der Waals surface area contributed by atoms with Gasteiger partial charge in [0.05, 0.1) is 17.6 Å². The Morgan fingerprint density at radius 3 is 2.72 bits per heavy atom. The minimum atomic E-state index is -4.35. The van der Waals surface area contributed by atoms with E-state index >= 15 is 0 Å². The van der Waals surface area contributed by atoms with Gasteiger partial charge in [-0.2, -0.15) is 4.72 Å². The summed E-state index contributed by atoms with van der Waals surface area (Å²) in [4.78, 5) is 39.7. The molecule has 3 amide bonds. The summed E-state index contributed by atoms with van der Waals surface area (Å²) in [6.07, 6.45) is 0.585. The number of anilines is 1. The summed E-state index contributed by atoms with van der Waals surface area (Å²) in [6.45, 7) is 2.54. The summed E-state index contributed by atoms with van der Waals surface area (Å²) in [5, 5.41) is 9.81. The van der Waals surface area contributed by atoms with Crippen molar-refractivity contribution in [2.75, 3.05) is 37.7 Å². The van der Waals surface area contributed by atoms with Gasteiger partial charge in [0.15, 0.2) is 6.04 Å². The van der Waals surface area contributed by atoms with Crippen LogP contribution in [0.15, 0.2) is 23.1 Å². The Morgan fingerprint density at radius 2 is 2.09 bits per heavy atom. The number of sulfonamides is 1. The van der Waals surface area contributed by atoms with Crippen molar-refractivity contribution in [3.63, 3.8) is 0 Å². The van der Waals surface area contributed by atoms with E-state index in [0.29, 0.717) is 30.7 Å². The normalized spacial score (nSPS) is 20.8. The number of nitrogens with zero attached hydrogens (tertiary/aromatic N) is 2. The number of carbonyl (C=O) groups excluding carboxylic acids is 3. The van der Waals surface area contributed by atoms with Gasteiger partial charge >= 0.3 is 0 Å². The molecule has 11 nitrogen and oxygen atoms in total. The third kappa shape index (κ3) is 5.09. The largest absolute Gasteiger partial charge is 0.391 e. The topological polar surface area (TPSA) is 159 Å². The van der Waals surface area contributed by atoms with Gasteiger partial charge in [-0.15, -0.1) is 0 Å². The van der Waals surface area contributed by atoms with Crippen molar-refractivity contribution in [1.29, 1.82) is 0 Å². The number of carbonyl (C=O) groups is 3. The number of ether oxygens (including phenoxy) is 1. The molecule has 4 N–H and O–H groups in total. The minimum absolute atomic E-state index is 0.000815. The molecule has 0 spiro atoms. The SMILES string of the molecule is CCc1c(N2CCOCC2=O)cccc1S(=O)(=O)N[C@@H](C(N)=O)C(=O)N1CCC[C@@H](O)C1. The quantitative estimate of drug-likeness (QED) is 0.421. The molecule has 1 aromatic carbocycles. The zero-order valence-electron chi connectivity index (χ0n) is 17.8. The molecule has 0 radical (unpaired) electrons. The van der Waals surface area contributed by atoms with Gasteiger partial charge in [0, 0.05) is 25.3 Å². The predicted molar refractivity (Wildman–Crippen MR) is 114 cm³/mol. The van der Waals surface area contributed by atoms with Gasteiger partial charge < -0.3 is 25.4 Å². The van der Waals surface area contributed by atoms with Crippen LogP contribution < -0.4 is 15.4 Å². The number of likely N-dealkylation sites (tertiary alicyclic amines) is 1. The Morgan fingerprint density at radius 1 is 1.34 bits per heavy atom. The summed E-state index contributed by atoms with van der Waals surface area (Å²) >= 11 is 0. The zero-order valence-corrected chi connectivity index (χ0v) is 18.6. The van der Waals surface area contributed by atoms with E-state index in [-0.39, 0.29) is 43.5 Å². The van der Waals surface area contributed by atoms with Crippen molar-refractivity contribution >= 4 is 33.4 Å². The fourth-order valence-corrected chi connectivity index (χ4v) is 5.46. The van der Waals surface area contributed by atoms with Crippen LogP contribution >= 0.6 is 0 Å². The van der Waals surface area contributed by atoms with Gasteiger partial charge in [-0.25, -0.2) is 8.42 Å². The molecule has 2 aliphatic rings. The molecule has 0 aliphatic carbocycles. The lowest BCUT2D eigenvalue weighted by atomic mass is 10.1. The van der Waals surface area contributed by atoms with Crippen LogP contribution in [0.3, 0.4) is 0 Å². The van der Waals surface area contributed by atoms with E-state index < -0.39 is 34.0 Å². The molecular weight excluding hydrogens is 440 g/mol. The van der Waals surface area contributed by atoms with Gasteiger partial charge in [-0.1, -0.05) is 13.0 Å². The van der Waals surface area contributed by atoms with Gasteiger partial charge in [-0.3, -0.25) is 14.4 Å². The molecule has 2 fully saturated rings. The van der Waals surface area contributed by atoms with Crippen LogP contribution in [0.25, 0.3) is 0 Å². The van der Waals surface area contributed by atoms with Crippen LogP contribution in [0.4, 0.5) is 5.69 Å². The molecule has 0 unspecified atom stereocenters. The first-order chi connectivity index (χ1) is 15.2. The monoisotopic (exact) mass is 468 g/mol. The van der Waals surface area contributed by atoms with Crippen molar-refractivity contribution < 1.29 is 32.6 Å². The predicted octanol–water partition coefficient (Wildman–Crippen LogP) is -1.27. The Bertz CT molecular complexity index is 998. The van der Waals surface area contributed by atoms with Gasteiger partial charge in [0.25, 0.3) is 11.8 Å². The molecule has 12 heteroatoms. The average Bonchev–Trinajstić information content (AvgIpc) is 2.76. The summed E-state index contributed by atoms with van der Waals surface area (Å²) in [5.74, 6) is -2.24. The van der Waals surface area contributed by atoms with Crippen molar-refractivity contribution in [2.45, 2.75) is 43.2 Å². The second-order valence-corrected chi connectivity index (χ2v) is 9.42. The number of benzene rings is 1. The lowest BCUT2D eigenvalue weighted by Gasteiger charge is -2.32. The van der Waals surface area contributed by atoms with Crippen molar-refractivity contribution in [3.8, 4) is 0 Å². The first kappa shape index (κ1) is 24.1. The lowest BCUT2D eigenvalue weighted by molar-refractivity contribution is -0.140. The van der Waals surface area contributed by atoms with E-state index in [2.05, 4.69) is 4.72 Å². The summed E-state index contributed by atoms with van der Waals surface area (Å²) in [6, 6.07) is 2.67. The Kier molecular flexibility index (Phi) is 7.49. The van der Waals surface area contributed by atoms with E-state index in [1.807, 2.05) is 0 Å². The first-order valence-electron chi connectivity index (χ1n) is 10.4. The Balaban J connectivity index is 1.92. The molecule has 2 atom stereocenters. The molecule has 176 valence electrons. The van der Waals surface area contributed by atoms with E-state index in [4.69, 9.17) is 10.5 Å². The maximum Gasteiger partial charge on any atom is 0.253 e. The molecule has 2 saturated heterocycles. The van der Waals surface area contributed by atoms with Gasteiger partial charge in [0.2, 0.25) is 15.9 Å².